The third-order valence-electron chi connectivity index (χ3n) is 3.00. The Morgan fingerprint density at radius 2 is 1.88 bits per heavy atom. The predicted molar refractivity (Wildman–Crippen MR) is 71.3 cm³/mol. The summed E-state index contributed by atoms with van der Waals surface area (Å²) in [5.74, 6) is 0. The van der Waals surface area contributed by atoms with Crippen molar-refractivity contribution in [3.05, 3.63) is 30.5 Å². The molecule has 0 spiro atoms. The molecule has 1 aromatic heterocycles. The fourth-order valence-corrected chi connectivity index (χ4v) is 3.16. The van der Waals surface area contributed by atoms with Crippen molar-refractivity contribution in [3.63, 3.8) is 0 Å². The summed E-state index contributed by atoms with van der Waals surface area (Å²) in [5, 5.41) is 5.12. The van der Waals surface area contributed by atoms with Gasteiger partial charge in [-0.2, -0.15) is 0 Å². The molecule has 17 heavy (non-hydrogen) atoms. The van der Waals surface area contributed by atoms with E-state index in [4.69, 9.17) is 0 Å². The molecule has 0 atom stereocenters. The van der Waals surface area contributed by atoms with Crippen LogP contribution in [0.5, 0.6) is 0 Å². The van der Waals surface area contributed by atoms with Gasteiger partial charge in [-0.05, 0) is 38.1 Å². The molecule has 88 valence electrons. The highest BCUT2D eigenvalue weighted by molar-refractivity contribution is 7.99. The van der Waals surface area contributed by atoms with E-state index in [1.54, 1.807) is 0 Å². The van der Waals surface area contributed by atoms with Crippen LogP contribution in [0.15, 0.2) is 35.5 Å². The van der Waals surface area contributed by atoms with Crippen LogP contribution >= 0.6 is 11.8 Å². The number of hydrogen-bond acceptors (Lipinski definition) is 4. The first-order chi connectivity index (χ1) is 8.42. The van der Waals surface area contributed by atoms with Gasteiger partial charge in [-0.25, -0.2) is 4.98 Å². The van der Waals surface area contributed by atoms with Crippen molar-refractivity contribution < 1.29 is 0 Å². The van der Waals surface area contributed by atoms with Crippen molar-refractivity contribution in [3.8, 4) is 0 Å². The molecule has 0 saturated carbocycles. The summed E-state index contributed by atoms with van der Waals surface area (Å²) in [7, 11) is 0. The van der Waals surface area contributed by atoms with Crippen molar-refractivity contribution in [1.82, 2.24) is 15.3 Å². The summed E-state index contributed by atoms with van der Waals surface area (Å²) in [6, 6.07) is 8.03. The molecule has 2 heterocycles. The Morgan fingerprint density at radius 1 is 1.12 bits per heavy atom. The summed E-state index contributed by atoms with van der Waals surface area (Å²) in [5.41, 5.74) is 1.97. The van der Waals surface area contributed by atoms with Crippen LogP contribution in [0.25, 0.3) is 11.0 Å². The van der Waals surface area contributed by atoms with E-state index >= 15 is 0 Å². The minimum atomic E-state index is 0.687. The molecule has 1 fully saturated rings. The number of para-hydroxylation sites is 2. The SMILES string of the molecule is c1ccc2nc(SC3CCNCC3)cnc2c1. The van der Waals surface area contributed by atoms with E-state index in [9.17, 15) is 0 Å². The number of benzene rings is 1. The Morgan fingerprint density at radius 3 is 2.71 bits per heavy atom. The minimum absolute atomic E-state index is 0.687. The third kappa shape index (κ3) is 2.58. The van der Waals surface area contributed by atoms with Gasteiger partial charge in [0.2, 0.25) is 0 Å². The highest BCUT2D eigenvalue weighted by atomic mass is 32.2. The predicted octanol–water partition coefficient (Wildman–Crippen LogP) is 2.47. The summed E-state index contributed by atoms with van der Waals surface area (Å²) in [6.07, 6.45) is 4.34. The zero-order valence-electron chi connectivity index (χ0n) is 9.60. The van der Waals surface area contributed by atoms with Gasteiger partial charge in [-0.3, -0.25) is 4.98 Å². The standard InChI is InChI=1S/C13H15N3S/c1-2-4-12-11(3-1)15-9-13(16-12)17-10-5-7-14-8-6-10/h1-4,9-10,14H,5-8H2. The molecule has 1 saturated heterocycles. The molecule has 1 N–H and O–H groups in total. The van der Waals surface area contributed by atoms with E-state index in [0.717, 1.165) is 29.1 Å². The number of fused-ring (bicyclic) bond motifs is 1. The molecule has 1 aliphatic rings. The number of aromatic nitrogens is 2. The van der Waals surface area contributed by atoms with Gasteiger partial charge in [0, 0.05) is 5.25 Å². The Bertz CT molecular complexity index is 509. The van der Waals surface area contributed by atoms with Crippen LogP contribution in [0, 0.1) is 0 Å². The van der Waals surface area contributed by atoms with Crippen molar-refractivity contribution in [2.45, 2.75) is 23.1 Å². The van der Waals surface area contributed by atoms with Gasteiger partial charge in [0.15, 0.2) is 0 Å². The quantitative estimate of drug-likeness (QED) is 0.882. The number of nitrogens with zero attached hydrogens (tertiary/aromatic N) is 2. The molecule has 2 aromatic rings. The highest BCUT2D eigenvalue weighted by Gasteiger charge is 2.15. The summed E-state index contributed by atoms with van der Waals surface area (Å²) in [6.45, 7) is 2.25. The maximum Gasteiger partial charge on any atom is 0.115 e. The van der Waals surface area contributed by atoms with Crippen LogP contribution in [0.3, 0.4) is 0 Å². The van der Waals surface area contributed by atoms with Crippen LogP contribution < -0.4 is 5.32 Å². The Kier molecular flexibility index (Phi) is 3.25. The number of piperidine rings is 1. The lowest BCUT2D eigenvalue weighted by atomic mass is 10.2. The van der Waals surface area contributed by atoms with E-state index in [1.165, 1.54) is 12.8 Å². The molecule has 3 rings (SSSR count). The summed E-state index contributed by atoms with van der Waals surface area (Å²) < 4.78 is 0. The Balaban J connectivity index is 1.80. The largest absolute Gasteiger partial charge is 0.317 e. The van der Waals surface area contributed by atoms with E-state index in [-0.39, 0.29) is 0 Å². The molecular weight excluding hydrogens is 230 g/mol. The monoisotopic (exact) mass is 245 g/mol. The number of thioether (sulfide) groups is 1. The molecule has 0 radical (unpaired) electrons. The zero-order chi connectivity index (χ0) is 11.5. The fourth-order valence-electron chi connectivity index (χ4n) is 2.08. The number of hydrogen-bond donors (Lipinski definition) is 1. The lowest BCUT2D eigenvalue weighted by Crippen LogP contribution is -2.29. The first kappa shape index (κ1) is 11.0. The van der Waals surface area contributed by atoms with E-state index in [2.05, 4.69) is 15.3 Å². The third-order valence-corrected chi connectivity index (χ3v) is 4.24. The fraction of sp³-hybridized carbons (Fsp3) is 0.385. The molecular formula is C13H15N3S. The summed E-state index contributed by atoms with van der Waals surface area (Å²) >= 11 is 1.87. The van der Waals surface area contributed by atoms with Gasteiger partial charge in [0.1, 0.15) is 5.03 Å². The van der Waals surface area contributed by atoms with Gasteiger partial charge < -0.3 is 5.32 Å². The maximum atomic E-state index is 4.65. The van der Waals surface area contributed by atoms with Crippen molar-refractivity contribution >= 4 is 22.8 Å². The van der Waals surface area contributed by atoms with Gasteiger partial charge in [0.25, 0.3) is 0 Å². The van der Waals surface area contributed by atoms with Crippen molar-refractivity contribution in [2.24, 2.45) is 0 Å². The molecule has 1 aliphatic heterocycles. The first-order valence-electron chi connectivity index (χ1n) is 6.01. The molecule has 4 heteroatoms. The number of nitrogens with one attached hydrogen (secondary N) is 1. The van der Waals surface area contributed by atoms with Crippen LogP contribution in [0.2, 0.25) is 0 Å². The molecule has 0 unspecified atom stereocenters. The molecule has 0 bridgehead atoms. The van der Waals surface area contributed by atoms with E-state index < -0.39 is 0 Å². The smallest absolute Gasteiger partial charge is 0.115 e. The lowest BCUT2D eigenvalue weighted by Gasteiger charge is -2.21. The summed E-state index contributed by atoms with van der Waals surface area (Å²) in [4.78, 5) is 9.10. The second kappa shape index (κ2) is 5.02. The Hall–Kier alpha value is -1.13. The molecule has 0 aliphatic carbocycles. The molecule has 0 amide bonds. The lowest BCUT2D eigenvalue weighted by molar-refractivity contribution is 0.531. The van der Waals surface area contributed by atoms with Gasteiger partial charge in [0.05, 0.1) is 17.2 Å². The topological polar surface area (TPSA) is 37.8 Å². The Labute approximate surface area is 105 Å². The molecule has 3 nitrogen and oxygen atoms in total. The van der Waals surface area contributed by atoms with Crippen molar-refractivity contribution in [1.29, 1.82) is 0 Å². The normalized spacial score (nSPS) is 17.4. The molecule has 1 aromatic carbocycles. The van der Waals surface area contributed by atoms with Gasteiger partial charge in [-0.15, -0.1) is 11.8 Å². The number of rotatable bonds is 2. The second-order valence-corrected chi connectivity index (χ2v) is 5.58. The van der Waals surface area contributed by atoms with Crippen LogP contribution in [0.1, 0.15) is 12.8 Å². The zero-order valence-corrected chi connectivity index (χ0v) is 10.4. The van der Waals surface area contributed by atoms with E-state index in [0.29, 0.717) is 5.25 Å². The van der Waals surface area contributed by atoms with Gasteiger partial charge in [-0.1, -0.05) is 12.1 Å². The van der Waals surface area contributed by atoms with Crippen LogP contribution in [-0.4, -0.2) is 28.3 Å². The van der Waals surface area contributed by atoms with Crippen molar-refractivity contribution in [2.75, 3.05) is 13.1 Å². The highest BCUT2D eigenvalue weighted by Crippen LogP contribution is 2.27. The second-order valence-electron chi connectivity index (χ2n) is 4.26. The van der Waals surface area contributed by atoms with Gasteiger partial charge >= 0.3 is 0 Å². The average molecular weight is 245 g/mol. The average Bonchev–Trinajstić information content (AvgIpc) is 2.40. The van der Waals surface area contributed by atoms with Crippen LogP contribution in [-0.2, 0) is 0 Å². The van der Waals surface area contributed by atoms with E-state index in [1.807, 2.05) is 42.2 Å². The first-order valence-corrected chi connectivity index (χ1v) is 6.89. The minimum Gasteiger partial charge on any atom is -0.317 e. The maximum absolute atomic E-state index is 4.65. The van der Waals surface area contributed by atoms with Crippen LogP contribution in [0.4, 0.5) is 0 Å².